The summed E-state index contributed by atoms with van der Waals surface area (Å²) >= 11 is 0. The summed E-state index contributed by atoms with van der Waals surface area (Å²) in [5.74, 6) is -0.324. The number of carbonyl (C=O) groups is 2. The molecule has 4 rings (SSSR count). The number of nitrogens with zero attached hydrogens (tertiary/aromatic N) is 2. The van der Waals surface area contributed by atoms with Gasteiger partial charge in [0, 0.05) is 17.5 Å². The fourth-order valence-corrected chi connectivity index (χ4v) is 3.86. The lowest BCUT2D eigenvalue weighted by Gasteiger charge is -2.23. The van der Waals surface area contributed by atoms with E-state index in [9.17, 15) is 14.7 Å². The Morgan fingerprint density at radius 3 is 2.39 bits per heavy atom. The molecule has 1 aromatic heterocycles. The third-order valence-electron chi connectivity index (χ3n) is 5.02. The SMILES string of the molecule is Cc1cc(C)cc(-n2nc(C)c3c2NC(=O)CC3C(=O)c2ccc(O)cc2)c1. The summed E-state index contributed by atoms with van der Waals surface area (Å²) in [7, 11) is 0. The molecule has 2 heterocycles. The van der Waals surface area contributed by atoms with Gasteiger partial charge in [-0.25, -0.2) is 4.68 Å². The Morgan fingerprint density at radius 1 is 1.11 bits per heavy atom. The van der Waals surface area contributed by atoms with Crippen molar-refractivity contribution < 1.29 is 14.7 Å². The van der Waals surface area contributed by atoms with Crippen LogP contribution in [-0.2, 0) is 4.79 Å². The number of rotatable bonds is 3. The van der Waals surface area contributed by atoms with Crippen molar-refractivity contribution >= 4 is 17.5 Å². The van der Waals surface area contributed by atoms with Crippen molar-refractivity contribution in [2.24, 2.45) is 0 Å². The van der Waals surface area contributed by atoms with Gasteiger partial charge in [0.15, 0.2) is 5.78 Å². The summed E-state index contributed by atoms with van der Waals surface area (Å²) in [5.41, 5.74) is 4.96. The van der Waals surface area contributed by atoms with E-state index >= 15 is 0 Å². The highest BCUT2D eigenvalue weighted by Crippen LogP contribution is 2.38. The minimum atomic E-state index is -0.604. The molecule has 28 heavy (non-hydrogen) atoms. The Hall–Kier alpha value is -3.41. The van der Waals surface area contributed by atoms with Gasteiger partial charge in [0.2, 0.25) is 5.91 Å². The van der Waals surface area contributed by atoms with E-state index in [-0.39, 0.29) is 23.9 Å². The fraction of sp³-hybridized carbons (Fsp3) is 0.227. The number of aromatic hydroxyl groups is 1. The van der Waals surface area contributed by atoms with E-state index in [1.165, 1.54) is 12.1 Å². The lowest BCUT2D eigenvalue weighted by Crippen LogP contribution is -2.28. The molecule has 6 nitrogen and oxygen atoms in total. The van der Waals surface area contributed by atoms with Crippen LogP contribution in [0.25, 0.3) is 5.69 Å². The predicted molar refractivity (Wildman–Crippen MR) is 106 cm³/mol. The molecule has 0 aliphatic carbocycles. The summed E-state index contributed by atoms with van der Waals surface area (Å²) < 4.78 is 1.71. The van der Waals surface area contributed by atoms with Gasteiger partial charge in [0.1, 0.15) is 11.6 Å². The highest BCUT2D eigenvalue weighted by Gasteiger charge is 2.36. The first kappa shape index (κ1) is 18.0. The van der Waals surface area contributed by atoms with E-state index in [1.54, 1.807) is 16.8 Å². The van der Waals surface area contributed by atoms with Crippen molar-refractivity contribution in [3.8, 4) is 11.4 Å². The number of ketones is 1. The predicted octanol–water partition coefficient (Wildman–Crippen LogP) is 3.81. The average molecular weight is 375 g/mol. The fourth-order valence-electron chi connectivity index (χ4n) is 3.86. The minimum Gasteiger partial charge on any atom is -0.508 e. The topological polar surface area (TPSA) is 84.2 Å². The molecule has 1 atom stereocenters. The number of fused-ring (bicyclic) bond motifs is 1. The molecule has 6 heteroatoms. The van der Waals surface area contributed by atoms with Gasteiger partial charge in [0.25, 0.3) is 0 Å². The van der Waals surface area contributed by atoms with Gasteiger partial charge >= 0.3 is 0 Å². The van der Waals surface area contributed by atoms with E-state index in [4.69, 9.17) is 0 Å². The van der Waals surface area contributed by atoms with Crippen LogP contribution in [-0.4, -0.2) is 26.6 Å². The van der Waals surface area contributed by atoms with Crippen molar-refractivity contribution in [2.75, 3.05) is 5.32 Å². The van der Waals surface area contributed by atoms with Crippen LogP contribution >= 0.6 is 0 Å². The molecular formula is C22H21N3O3. The number of aromatic nitrogens is 2. The van der Waals surface area contributed by atoms with Gasteiger partial charge in [-0.1, -0.05) is 6.07 Å². The molecule has 0 saturated carbocycles. The number of benzene rings is 2. The number of hydrogen-bond acceptors (Lipinski definition) is 4. The number of anilines is 1. The summed E-state index contributed by atoms with van der Waals surface area (Å²) in [5, 5.41) is 17.0. The van der Waals surface area contributed by atoms with E-state index in [0.29, 0.717) is 17.1 Å². The Labute approximate surface area is 162 Å². The second-order valence-corrected chi connectivity index (χ2v) is 7.32. The van der Waals surface area contributed by atoms with Crippen LogP contribution < -0.4 is 5.32 Å². The van der Waals surface area contributed by atoms with Gasteiger partial charge in [-0.05, 0) is 68.3 Å². The highest BCUT2D eigenvalue weighted by molar-refractivity contribution is 6.08. The molecule has 1 aliphatic rings. The van der Waals surface area contributed by atoms with Gasteiger partial charge in [0.05, 0.1) is 17.3 Å². The van der Waals surface area contributed by atoms with Crippen LogP contribution in [0, 0.1) is 20.8 Å². The molecule has 1 aliphatic heterocycles. The number of phenols is 1. The molecule has 3 aromatic rings. The summed E-state index contributed by atoms with van der Waals surface area (Å²) in [6.45, 7) is 5.87. The Balaban J connectivity index is 1.83. The number of carbonyl (C=O) groups excluding carboxylic acids is 2. The standard InChI is InChI=1S/C22H21N3O3/c1-12-8-13(2)10-16(9-12)25-22-20(14(3)24-25)18(11-19(27)23-22)21(28)15-4-6-17(26)7-5-15/h4-10,18,26H,11H2,1-3H3,(H,23,27). The first-order valence-corrected chi connectivity index (χ1v) is 9.15. The van der Waals surface area contributed by atoms with Crippen molar-refractivity contribution in [1.82, 2.24) is 9.78 Å². The number of Topliss-reactive ketones (excluding diaryl/α,β-unsaturated/α-hetero) is 1. The Bertz CT molecular complexity index is 1080. The molecular weight excluding hydrogens is 354 g/mol. The van der Waals surface area contributed by atoms with Crippen LogP contribution in [0.4, 0.5) is 5.82 Å². The van der Waals surface area contributed by atoms with Gasteiger partial charge in [-0.15, -0.1) is 0 Å². The summed E-state index contributed by atoms with van der Waals surface area (Å²) in [4.78, 5) is 25.5. The number of aryl methyl sites for hydroxylation is 3. The van der Waals surface area contributed by atoms with Gasteiger partial charge in [-0.3, -0.25) is 9.59 Å². The highest BCUT2D eigenvalue weighted by atomic mass is 16.3. The van der Waals surface area contributed by atoms with Crippen LogP contribution in [0.15, 0.2) is 42.5 Å². The molecule has 0 spiro atoms. The van der Waals surface area contributed by atoms with E-state index in [2.05, 4.69) is 16.5 Å². The lowest BCUT2D eigenvalue weighted by atomic mass is 9.85. The van der Waals surface area contributed by atoms with Crippen LogP contribution in [0.5, 0.6) is 5.75 Å². The van der Waals surface area contributed by atoms with E-state index in [0.717, 1.165) is 22.4 Å². The second-order valence-electron chi connectivity index (χ2n) is 7.32. The van der Waals surface area contributed by atoms with Gasteiger partial charge < -0.3 is 10.4 Å². The third kappa shape index (κ3) is 3.07. The normalized spacial score (nSPS) is 15.8. The zero-order valence-electron chi connectivity index (χ0n) is 16.0. The zero-order valence-corrected chi connectivity index (χ0v) is 16.0. The molecule has 0 radical (unpaired) electrons. The summed E-state index contributed by atoms with van der Waals surface area (Å²) in [6, 6.07) is 12.2. The Kier molecular flexibility index (Phi) is 4.26. The number of amides is 1. The van der Waals surface area contributed by atoms with Crippen molar-refractivity contribution in [2.45, 2.75) is 33.1 Å². The summed E-state index contributed by atoms with van der Waals surface area (Å²) in [6.07, 6.45) is 0.0755. The molecule has 142 valence electrons. The first-order valence-electron chi connectivity index (χ1n) is 9.15. The smallest absolute Gasteiger partial charge is 0.226 e. The quantitative estimate of drug-likeness (QED) is 0.682. The molecule has 0 fully saturated rings. The molecule has 0 bridgehead atoms. The molecule has 2 aromatic carbocycles. The second kappa shape index (κ2) is 6.64. The van der Waals surface area contributed by atoms with Crippen LogP contribution in [0.2, 0.25) is 0 Å². The van der Waals surface area contributed by atoms with Crippen LogP contribution in [0.3, 0.4) is 0 Å². The largest absolute Gasteiger partial charge is 0.508 e. The zero-order chi connectivity index (χ0) is 20.0. The van der Waals surface area contributed by atoms with E-state index < -0.39 is 5.92 Å². The average Bonchev–Trinajstić information content (AvgIpc) is 2.97. The van der Waals surface area contributed by atoms with Crippen molar-refractivity contribution in [3.63, 3.8) is 0 Å². The molecule has 0 saturated heterocycles. The van der Waals surface area contributed by atoms with Gasteiger partial charge in [-0.2, -0.15) is 5.10 Å². The Morgan fingerprint density at radius 2 is 1.75 bits per heavy atom. The number of hydrogen-bond donors (Lipinski definition) is 2. The number of phenolic OH excluding ortho intramolecular Hbond substituents is 1. The molecule has 1 unspecified atom stereocenters. The maximum Gasteiger partial charge on any atom is 0.226 e. The maximum atomic E-state index is 13.1. The maximum absolute atomic E-state index is 13.1. The number of nitrogens with one attached hydrogen (secondary N) is 1. The van der Waals surface area contributed by atoms with Crippen molar-refractivity contribution in [1.29, 1.82) is 0 Å². The van der Waals surface area contributed by atoms with E-state index in [1.807, 2.05) is 32.9 Å². The molecule has 1 amide bonds. The molecule has 2 N–H and O–H groups in total. The minimum absolute atomic E-state index is 0.0755. The van der Waals surface area contributed by atoms with Crippen LogP contribution in [0.1, 0.15) is 45.1 Å². The monoisotopic (exact) mass is 375 g/mol. The third-order valence-corrected chi connectivity index (χ3v) is 5.02. The van der Waals surface area contributed by atoms with Crippen molar-refractivity contribution in [3.05, 3.63) is 70.4 Å². The lowest BCUT2D eigenvalue weighted by molar-refractivity contribution is -0.116. The first-order chi connectivity index (χ1) is 13.3.